The van der Waals surface area contributed by atoms with Crippen LogP contribution in [0.1, 0.15) is 6.42 Å². The Morgan fingerprint density at radius 2 is 2.17 bits per heavy atom. The molecule has 0 spiro atoms. The number of carbonyl (C=O) groups excluding carboxylic acids is 1. The van der Waals surface area contributed by atoms with Crippen LogP contribution in [0.3, 0.4) is 0 Å². The Bertz CT molecular complexity index is 504. The molecule has 2 rings (SSSR count). The number of carbonyl (C=O) groups is 2. The molecule has 0 radical (unpaired) electrons. The van der Waals surface area contributed by atoms with Crippen molar-refractivity contribution in [3.8, 4) is 0 Å². The normalized spacial score (nSPS) is 15.3. The van der Waals surface area contributed by atoms with Gasteiger partial charge in [0.15, 0.2) is 0 Å². The highest BCUT2D eigenvalue weighted by molar-refractivity contribution is 9.10. The summed E-state index contributed by atoms with van der Waals surface area (Å²) in [6.07, 6.45) is 0.316. The number of fused-ring (bicyclic) bond motifs is 1. The number of hydrogen-bond donors (Lipinski definition) is 1. The Balaban J connectivity index is 2.47. The summed E-state index contributed by atoms with van der Waals surface area (Å²) in [6, 6.07) is 5.50. The maximum absolute atomic E-state index is 11.9. The molecule has 0 unspecified atom stereocenters. The summed E-state index contributed by atoms with van der Waals surface area (Å²) in [5, 5.41) is 8.92. The lowest BCUT2D eigenvalue weighted by atomic mass is 10.2. The zero-order valence-corrected chi connectivity index (χ0v) is 11.5. The van der Waals surface area contributed by atoms with Crippen molar-refractivity contribution in [1.82, 2.24) is 0 Å². The van der Waals surface area contributed by atoms with E-state index in [1.807, 2.05) is 18.2 Å². The highest BCUT2D eigenvalue weighted by atomic mass is 79.9. The van der Waals surface area contributed by atoms with Crippen LogP contribution in [-0.2, 0) is 9.59 Å². The van der Waals surface area contributed by atoms with Crippen LogP contribution >= 0.6 is 15.9 Å². The fourth-order valence-corrected chi connectivity index (χ4v) is 2.36. The molecule has 1 amide bonds. The molecule has 0 aliphatic carbocycles. The molecule has 1 N–H and O–H groups in total. The van der Waals surface area contributed by atoms with E-state index >= 15 is 0 Å². The first kappa shape index (κ1) is 12.9. The molecule has 1 aromatic rings. The van der Waals surface area contributed by atoms with Crippen molar-refractivity contribution in [2.75, 3.05) is 29.9 Å². The standard InChI is InChI=1S/C12H13BrN2O3/c1-14-10-6-8(13)2-3-9(10)15(7-12(17)18)5-4-11(14)16/h2-3,6H,4-5,7H2,1H3,(H,17,18). The lowest BCUT2D eigenvalue weighted by Crippen LogP contribution is -2.30. The quantitative estimate of drug-likeness (QED) is 0.903. The second kappa shape index (κ2) is 4.97. The summed E-state index contributed by atoms with van der Waals surface area (Å²) in [4.78, 5) is 26.0. The average Bonchev–Trinajstić information content (AvgIpc) is 2.41. The minimum absolute atomic E-state index is 0.0118. The number of amides is 1. The summed E-state index contributed by atoms with van der Waals surface area (Å²) < 4.78 is 0.859. The van der Waals surface area contributed by atoms with Gasteiger partial charge in [-0.15, -0.1) is 0 Å². The lowest BCUT2D eigenvalue weighted by Gasteiger charge is -2.23. The zero-order chi connectivity index (χ0) is 13.3. The summed E-state index contributed by atoms with van der Waals surface area (Å²) >= 11 is 3.36. The van der Waals surface area contributed by atoms with Crippen LogP contribution in [0, 0.1) is 0 Å². The van der Waals surface area contributed by atoms with Crippen LogP contribution < -0.4 is 9.80 Å². The van der Waals surface area contributed by atoms with Crippen LogP contribution in [0.5, 0.6) is 0 Å². The van der Waals surface area contributed by atoms with Gasteiger partial charge in [-0.05, 0) is 18.2 Å². The number of rotatable bonds is 2. The highest BCUT2D eigenvalue weighted by Gasteiger charge is 2.24. The van der Waals surface area contributed by atoms with Gasteiger partial charge >= 0.3 is 5.97 Å². The number of nitrogens with zero attached hydrogens (tertiary/aromatic N) is 2. The molecule has 0 aromatic heterocycles. The monoisotopic (exact) mass is 312 g/mol. The van der Waals surface area contributed by atoms with Crippen molar-refractivity contribution in [1.29, 1.82) is 0 Å². The van der Waals surface area contributed by atoms with E-state index in [1.54, 1.807) is 16.8 Å². The molecule has 0 saturated carbocycles. The van der Waals surface area contributed by atoms with E-state index in [9.17, 15) is 9.59 Å². The van der Waals surface area contributed by atoms with E-state index < -0.39 is 5.97 Å². The van der Waals surface area contributed by atoms with Gasteiger partial charge in [-0.2, -0.15) is 0 Å². The molecule has 1 aliphatic heterocycles. The molecule has 1 aliphatic rings. The first-order valence-corrected chi connectivity index (χ1v) is 6.31. The fourth-order valence-electron chi connectivity index (χ4n) is 2.01. The maximum atomic E-state index is 11.9. The predicted molar refractivity (Wildman–Crippen MR) is 72.0 cm³/mol. The third-order valence-electron chi connectivity index (χ3n) is 2.94. The second-order valence-corrected chi connectivity index (χ2v) is 5.07. The Morgan fingerprint density at radius 1 is 1.44 bits per heavy atom. The van der Waals surface area contributed by atoms with Crippen LogP contribution in [0.2, 0.25) is 0 Å². The van der Waals surface area contributed by atoms with Gasteiger partial charge in [-0.3, -0.25) is 9.59 Å². The zero-order valence-electron chi connectivity index (χ0n) is 9.89. The van der Waals surface area contributed by atoms with Gasteiger partial charge in [0.2, 0.25) is 5.91 Å². The molecule has 0 bridgehead atoms. The molecular formula is C12H13BrN2O3. The van der Waals surface area contributed by atoms with E-state index in [1.165, 1.54) is 0 Å². The van der Waals surface area contributed by atoms with Crippen LogP contribution in [-0.4, -0.2) is 37.1 Å². The van der Waals surface area contributed by atoms with E-state index in [2.05, 4.69) is 15.9 Å². The van der Waals surface area contributed by atoms with Crippen molar-refractivity contribution in [2.45, 2.75) is 6.42 Å². The van der Waals surface area contributed by atoms with Gasteiger partial charge in [0.05, 0.1) is 11.4 Å². The second-order valence-electron chi connectivity index (χ2n) is 4.15. The average molecular weight is 313 g/mol. The van der Waals surface area contributed by atoms with Crippen LogP contribution in [0.25, 0.3) is 0 Å². The summed E-state index contributed by atoms with van der Waals surface area (Å²) in [6.45, 7) is 0.319. The predicted octanol–water partition coefficient (Wildman–Crippen LogP) is 1.71. The molecule has 1 aromatic carbocycles. The minimum Gasteiger partial charge on any atom is -0.480 e. The molecule has 0 atom stereocenters. The molecule has 5 nitrogen and oxygen atoms in total. The Labute approximate surface area is 113 Å². The van der Waals surface area contributed by atoms with Crippen molar-refractivity contribution < 1.29 is 14.7 Å². The third-order valence-corrected chi connectivity index (χ3v) is 3.43. The number of carboxylic acids is 1. The Hall–Kier alpha value is -1.56. The first-order chi connectivity index (χ1) is 8.49. The SMILES string of the molecule is CN1C(=O)CCN(CC(=O)O)c2ccc(Br)cc21. The van der Waals surface area contributed by atoms with E-state index in [0.717, 1.165) is 15.8 Å². The highest BCUT2D eigenvalue weighted by Crippen LogP contribution is 2.34. The van der Waals surface area contributed by atoms with Crippen molar-refractivity contribution >= 4 is 39.2 Å². The number of anilines is 2. The van der Waals surface area contributed by atoms with E-state index in [4.69, 9.17) is 5.11 Å². The van der Waals surface area contributed by atoms with E-state index in [0.29, 0.717) is 13.0 Å². The molecule has 1 heterocycles. The van der Waals surface area contributed by atoms with Crippen molar-refractivity contribution in [2.24, 2.45) is 0 Å². The van der Waals surface area contributed by atoms with Crippen LogP contribution in [0.15, 0.2) is 22.7 Å². The fraction of sp³-hybridized carbons (Fsp3) is 0.333. The number of hydrogen-bond acceptors (Lipinski definition) is 3. The molecule has 18 heavy (non-hydrogen) atoms. The summed E-state index contributed by atoms with van der Waals surface area (Å²) in [7, 11) is 1.71. The van der Waals surface area contributed by atoms with E-state index in [-0.39, 0.29) is 12.5 Å². The lowest BCUT2D eigenvalue weighted by molar-refractivity contribution is -0.135. The molecule has 96 valence electrons. The van der Waals surface area contributed by atoms with Gasteiger partial charge in [0, 0.05) is 24.5 Å². The van der Waals surface area contributed by atoms with Gasteiger partial charge in [-0.25, -0.2) is 0 Å². The topological polar surface area (TPSA) is 60.9 Å². The number of benzene rings is 1. The third kappa shape index (κ3) is 2.48. The van der Waals surface area contributed by atoms with Gasteiger partial charge in [0.1, 0.15) is 6.54 Å². The van der Waals surface area contributed by atoms with Gasteiger partial charge in [0.25, 0.3) is 0 Å². The van der Waals surface area contributed by atoms with Crippen molar-refractivity contribution in [3.63, 3.8) is 0 Å². The molecule has 0 saturated heterocycles. The number of aliphatic carboxylic acids is 1. The summed E-state index contributed by atoms with van der Waals surface area (Å²) in [5.74, 6) is -0.914. The molecule has 0 fully saturated rings. The van der Waals surface area contributed by atoms with Gasteiger partial charge in [-0.1, -0.05) is 15.9 Å². The number of carboxylic acid groups (broad SMARTS) is 1. The largest absolute Gasteiger partial charge is 0.480 e. The molecular weight excluding hydrogens is 300 g/mol. The Kier molecular flexibility index (Phi) is 3.56. The first-order valence-electron chi connectivity index (χ1n) is 5.52. The minimum atomic E-state index is -0.902. The number of halogens is 1. The summed E-state index contributed by atoms with van der Waals surface area (Å²) in [5.41, 5.74) is 1.50. The molecule has 6 heteroatoms. The maximum Gasteiger partial charge on any atom is 0.323 e. The van der Waals surface area contributed by atoms with Crippen molar-refractivity contribution in [3.05, 3.63) is 22.7 Å². The van der Waals surface area contributed by atoms with Gasteiger partial charge < -0.3 is 14.9 Å². The Morgan fingerprint density at radius 3 is 2.83 bits per heavy atom. The van der Waals surface area contributed by atoms with Crippen LogP contribution in [0.4, 0.5) is 11.4 Å². The smallest absolute Gasteiger partial charge is 0.323 e.